The number of carbonyl (C=O) groups excluding carboxylic acids is 5. The monoisotopic (exact) mass is 697 g/mol. The SMILES string of the molecule is CC(=O)C[C@@H](Cc1ccc(O)cc1)C(=O)N[C@@H](CC(=O)OCc1ccccc1)C(=O)C[C@@H](CC(=O)O)C(=O)NCCOCCOCCN=[N+]=[N-]. The lowest BCUT2D eigenvalue weighted by Gasteiger charge is -2.23. The number of ketones is 2. The van der Waals surface area contributed by atoms with Gasteiger partial charge in [-0.15, -0.1) is 0 Å². The van der Waals surface area contributed by atoms with E-state index in [2.05, 4.69) is 20.7 Å². The maximum Gasteiger partial charge on any atom is 0.308 e. The van der Waals surface area contributed by atoms with Gasteiger partial charge in [-0.25, -0.2) is 0 Å². The zero-order chi connectivity index (χ0) is 36.7. The quantitative estimate of drug-likeness (QED) is 0.0386. The van der Waals surface area contributed by atoms with Crippen LogP contribution in [-0.4, -0.2) is 91.1 Å². The molecule has 0 aliphatic rings. The number of azide groups is 1. The number of phenolic OH excluding ortho intramolecular Hbond substituents is 1. The van der Waals surface area contributed by atoms with Crippen molar-refractivity contribution >= 4 is 35.3 Å². The largest absolute Gasteiger partial charge is 0.508 e. The van der Waals surface area contributed by atoms with Crippen LogP contribution in [0.5, 0.6) is 5.75 Å². The number of ether oxygens (including phenoxy) is 3. The number of nitrogens with zero attached hydrogens (tertiary/aromatic N) is 3. The van der Waals surface area contributed by atoms with Crippen LogP contribution in [0.4, 0.5) is 0 Å². The summed E-state index contributed by atoms with van der Waals surface area (Å²) in [6.45, 7) is 2.06. The van der Waals surface area contributed by atoms with Crippen molar-refractivity contribution in [1.82, 2.24) is 10.6 Å². The third-order valence-electron chi connectivity index (χ3n) is 7.20. The van der Waals surface area contributed by atoms with Crippen molar-refractivity contribution in [3.63, 3.8) is 0 Å². The highest BCUT2D eigenvalue weighted by atomic mass is 16.5. The highest BCUT2D eigenvalue weighted by Crippen LogP contribution is 2.19. The summed E-state index contributed by atoms with van der Waals surface area (Å²) in [7, 11) is 0. The zero-order valence-electron chi connectivity index (χ0n) is 27.8. The van der Waals surface area contributed by atoms with Gasteiger partial charge in [0.1, 0.15) is 18.1 Å². The second kappa shape index (κ2) is 23.1. The van der Waals surface area contributed by atoms with E-state index >= 15 is 0 Å². The topological polar surface area (TPSA) is 243 Å². The summed E-state index contributed by atoms with van der Waals surface area (Å²) in [4.78, 5) is 79.2. The van der Waals surface area contributed by atoms with Gasteiger partial charge in [-0.05, 0) is 42.1 Å². The summed E-state index contributed by atoms with van der Waals surface area (Å²) in [6.07, 6.45) is -2.03. The third-order valence-corrected chi connectivity index (χ3v) is 7.20. The van der Waals surface area contributed by atoms with Gasteiger partial charge < -0.3 is 39.9 Å². The predicted molar refractivity (Wildman–Crippen MR) is 177 cm³/mol. The lowest BCUT2D eigenvalue weighted by molar-refractivity contribution is -0.148. The first-order valence-electron chi connectivity index (χ1n) is 15.9. The molecule has 0 aliphatic heterocycles. The van der Waals surface area contributed by atoms with E-state index in [1.807, 2.05) is 0 Å². The number of carboxylic acid groups (broad SMARTS) is 1. The molecular weight excluding hydrogens is 654 g/mol. The van der Waals surface area contributed by atoms with Crippen molar-refractivity contribution in [3.05, 3.63) is 76.2 Å². The number of Topliss-reactive ketones (excluding diaryl/α,β-unsaturated/α-hetero) is 2. The Balaban J connectivity index is 2.12. The summed E-state index contributed by atoms with van der Waals surface area (Å²) in [6, 6.07) is 13.3. The van der Waals surface area contributed by atoms with Crippen LogP contribution in [0.3, 0.4) is 0 Å². The van der Waals surface area contributed by atoms with E-state index in [1.54, 1.807) is 42.5 Å². The summed E-state index contributed by atoms with van der Waals surface area (Å²) in [5, 5.41) is 27.5. The zero-order valence-corrected chi connectivity index (χ0v) is 27.8. The van der Waals surface area contributed by atoms with Gasteiger partial charge in [0.2, 0.25) is 11.8 Å². The van der Waals surface area contributed by atoms with E-state index in [0.29, 0.717) is 11.1 Å². The Hall–Kier alpha value is -5.31. The molecule has 0 spiro atoms. The Labute approximate surface area is 289 Å². The number of aromatic hydroxyl groups is 1. The van der Waals surface area contributed by atoms with Crippen LogP contribution in [0, 0.1) is 11.8 Å². The molecule has 270 valence electrons. The number of aliphatic carboxylic acids is 1. The van der Waals surface area contributed by atoms with Gasteiger partial charge in [0.15, 0.2) is 5.78 Å². The average Bonchev–Trinajstić information content (AvgIpc) is 3.08. The fraction of sp³-hybridized carbons (Fsp3) is 0.471. The Kier molecular flexibility index (Phi) is 18.9. The van der Waals surface area contributed by atoms with Crippen LogP contribution in [-0.2, 0) is 56.0 Å². The maximum atomic E-state index is 13.6. The number of esters is 1. The first kappa shape index (κ1) is 40.9. The van der Waals surface area contributed by atoms with Gasteiger partial charge in [0.05, 0.1) is 51.2 Å². The molecule has 0 heterocycles. The number of amides is 2. The molecule has 2 aromatic rings. The molecule has 0 aromatic heterocycles. The average molecular weight is 698 g/mol. The molecule has 0 unspecified atom stereocenters. The van der Waals surface area contributed by atoms with Crippen LogP contribution >= 0.6 is 0 Å². The molecule has 0 saturated carbocycles. The molecule has 0 bridgehead atoms. The van der Waals surface area contributed by atoms with Crippen molar-refractivity contribution < 1.29 is 53.2 Å². The van der Waals surface area contributed by atoms with E-state index < -0.39 is 66.7 Å². The predicted octanol–water partition coefficient (Wildman–Crippen LogP) is 2.66. The van der Waals surface area contributed by atoms with E-state index in [0.717, 1.165) is 0 Å². The molecule has 50 heavy (non-hydrogen) atoms. The van der Waals surface area contributed by atoms with Crippen LogP contribution in [0.1, 0.15) is 43.7 Å². The standard InChI is InChI=1S/C34H43N5O11/c1-23(40)17-26(18-24-7-9-28(41)10-8-24)34(47)38-29(21-32(45)50-22-25-5-3-2-4-6-25)30(42)19-27(20-31(43)44)33(46)36-11-13-48-15-16-49-14-12-37-39-35/h2-10,26-27,29,41H,11-22H2,1H3,(H,36,46)(H,38,47)(H,43,44)/t26-,27-,29-/m0/s1. The molecule has 2 aromatic carbocycles. The first-order valence-corrected chi connectivity index (χ1v) is 15.9. The van der Waals surface area contributed by atoms with E-state index in [1.165, 1.54) is 19.1 Å². The fourth-order valence-corrected chi connectivity index (χ4v) is 4.74. The minimum atomic E-state index is -1.49. The molecule has 0 fully saturated rings. The Morgan fingerprint density at radius 3 is 2.14 bits per heavy atom. The van der Waals surface area contributed by atoms with Gasteiger partial charge >= 0.3 is 11.9 Å². The molecule has 16 heteroatoms. The molecule has 16 nitrogen and oxygen atoms in total. The summed E-state index contributed by atoms with van der Waals surface area (Å²) >= 11 is 0. The second-order valence-electron chi connectivity index (χ2n) is 11.3. The fourth-order valence-electron chi connectivity index (χ4n) is 4.74. The van der Waals surface area contributed by atoms with Crippen LogP contribution in [0.15, 0.2) is 59.7 Å². The molecule has 4 N–H and O–H groups in total. The van der Waals surface area contributed by atoms with Crippen LogP contribution in [0.2, 0.25) is 0 Å². The minimum Gasteiger partial charge on any atom is -0.508 e. The Bertz CT molecular complexity index is 1460. The molecule has 3 atom stereocenters. The van der Waals surface area contributed by atoms with Crippen molar-refractivity contribution in [3.8, 4) is 5.75 Å². The summed E-state index contributed by atoms with van der Waals surface area (Å²) in [5.41, 5.74) is 9.55. The minimum absolute atomic E-state index is 0.00215. The smallest absolute Gasteiger partial charge is 0.308 e. The third kappa shape index (κ3) is 17.2. The Morgan fingerprint density at radius 1 is 0.820 bits per heavy atom. The second-order valence-corrected chi connectivity index (χ2v) is 11.3. The van der Waals surface area contributed by atoms with Gasteiger partial charge in [0.25, 0.3) is 0 Å². The molecule has 2 amide bonds. The molecular formula is C34H43N5O11. The van der Waals surface area contributed by atoms with Gasteiger partial charge in [-0.3, -0.25) is 24.0 Å². The highest BCUT2D eigenvalue weighted by Gasteiger charge is 2.33. The first-order chi connectivity index (χ1) is 24.0. The van der Waals surface area contributed by atoms with Gasteiger partial charge in [-0.1, -0.05) is 47.6 Å². The van der Waals surface area contributed by atoms with Crippen molar-refractivity contribution in [2.24, 2.45) is 17.0 Å². The van der Waals surface area contributed by atoms with E-state index in [-0.39, 0.29) is 70.5 Å². The van der Waals surface area contributed by atoms with E-state index in [9.17, 15) is 39.0 Å². The summed E-state index contributed by atoms with van der Waals surface area (Å²) < 4.78 is 15.9. The number of carboxylic acids is 1. The summed E-state index contributed by atoms with van der Waals surface area (Å²) in [5.74, 6) is -6.97. The van der Waals surface area contributed by atoms with Crippen molar-refractivity contribution in [2.75, 3.05) is 39.5 Å². The molecule has 0 radical (unpaired) electrons. The van der Waals surface area contributed by atoms with Crippen molar-refractivity contribution in [2.45, 2.75) is 51.7 Å². The highest BCUT2D eigenvalue weighted by molar-refractivity contribution is 5.96. The molecule has 0 saturated heterocycles. The van der Waals surface area contributed by atoms with Crippen molar-refractivity contribution in [1.29, 1.82) is 0 Å². The number of carbonyl (C=O) groups is 6. The molecule has 2 rings (SSSR count). The number of rotatable bonds is 25. The van der Waals surface area contributed by atoms with Gasteiger partial charge in [0, 0.05) is 36.8 Å². The number of benzene rings is 2. The molecule has 0 aliphatic carbocycles. The van der Waals surface area contributed by atoms with Crippen LogP contribution in [0.25, 0.3) is 10.4 Å². The lowest BCUT2D eigenvalue weighted by Crippen LogP contribution is -2.47. The maximum absolute atomic E-state index is 13.6. The van der Waals surface area contributed by atoms with Crippen LogP contribution < -0.4 is 10.6 Å². The van der Waals surface area contributed by atoms with Gasteiger partial charge in [-0.2, -0.15) is 0 Å². The number of hydrogen-bond donors (Lipinski definition) is 4. The normalized spacial score (nSPS) is 12.4. The van der Waals surface area contributed by atoms with E-state index in [4.69, 9.17) is 19.7 Å². The number of phenols is 1. The lowest BCUT2D eigenvalue weighted by atomic mass is 9.91. The Morgan fingerprint density at radius 2 is 1.50 bits per heavy atom. The number of nitrogens with one attached hydrogen (secondary N) is 2. The number of hydrogen-bond acceptors (Lipinski definition) is 11.